The number of hydrogen-bond donors (Lipinski definition) is 0. The Morgan fingerprint density at radius 2 is 2.29 bits per heavy atom. The van der Waals surface area contributed by atoms with Crippen LogP contribution in [0.5, 0.6) is 0 Å². The lowest BCUT2D eigenvalue weighted by atomic mass is 10.2. The summed E-state index contributed by atoms with van der Waals surface area (Å²) in [5.74, 6) is -0.737. The Bertz CT molecular complexity index is 506. The lowest BCUT2D eigenvalue weighted by Gasteiger charge is -1.98. The summed E-state index contributed by atoms with van der Waals surface area (Å²) in [6.07, 6.45) is 4.82. The Balaban J connectivity index is 2.22. The monoisotopic (exact) mass is 238 g/mol. The molecule has 0 N–H and O–H groups in total. The molecule has 0 aliphatic heterocycles. The van der Waals surface area contributed by atoms with Crippen LogP contribution in [0.25, 0.3) is 0 Å². The Kier molecular flexibility index (Phi) is 3.22. The molecule has 0 spiro atoms. The van der Waals surface area contributed by atoms with Crippen LogP contribution in [0.2, 0.25) is 0 Å². The van der Waals surface area contributed by atoms with Gasteiger partial charge in [-0.05, 0) is 12.8 Å². The SMILES string of the molecule is CCCCc1nnn(C(=O)n2ccnn2)c1F. The fourth-order valence-corrected chi connectivity index (χ4v) is 1.33. The third kappa shape index (κ3) is 2.19. The maximum Gasteiger partial charge on any atom is 0.374 e. The Labute approximate surface area is 96.2 Å². The number of halogens is 1. The number of rotatable bonds is 3. The zero-order valence-corrected chi connectivity index (χ0v) is 9.25. The first-order valence-electron chi connectivity index (χ1n) is 5.25. The molecule has 90 valence electrons. The Hall–Kier alpha value is -2.12. The highest BCUT2D eigenvalue weighted by Gasteiger charge is 2.19. The van der Waals surface area contributed by atoms with E-state index in [0.29, 0.717) is 11.1 Å². The minimum Gasteiger partial charge on any atom is -0.243 e. The molecule has 0 atom stereocenters. The second-order valence-electron chi connectivity index (χ2n) is 3.47. The summed E-state index contributed by atoms with van der Waals surface area (Å²) in [7, 11) is 0. The van der Waals surface area contributed by atoms with E-state index in [0.717, 1.165) is 17.5 Å². The molecule has 0 amide bonds. The third-order valence-corrected chi connectivity index (χ3v) is 2.25. The molecule has 0 fully saturated rings. The molecule has 0 aliphatic carbocycles. The van der Waals surface area contributed by atoms with Crippen LogP contribution in [0.3, 0.4) is 0 Å². The van der Waals surface area contributed by atoms with Crippen molar-refractivity contribution in [2.24, 2.45) is 0 Å². The van der Waals surface area contributed by atoms with Crippen molar-refractivity contribution >= 4 is 6.03 Å². The van der Waals surface area contributed by atoms with E-state index >= 15 is 0 Å². The van der Waals surface area contributed by atoms with Gasteiger partial charge in [0.05, 0.1) is 12.4 Å². The Morgan fingerprint density at radius 1 is 1.47 bits per heavy atom. The maximum atomic E-state index is 13.8. The predicted octanol–water partition coefficient (Wildman–Crippen LogP) is 0.868. The highest BCUT2D eigenvalue weighted by Crippen LogP contribution is 2.07. The van der Waals surface area contributed by atoms with Gasteiger partial charge >= 0.3 is 6.03 Å². The van der Waals surface area contributed by atoms with Crippen molar-refractivity contribution in [3.05, 3.63) is 24.0 Å². The number of aromatic nitrogens is 6. The van der Waals surface area contributed by atoms with Crippen molar-refractivity contribution in [2.75, 3.05) is 0 Å². The summed E-state index contributed by atoms with van der Waals surface area (Å²) < 4.78 is 15.2. The first-order chi connectivity index (χ1) is 8.24. The van der Waals surface area contributed by atoms with Gasteiger partial charge < -0.3 is 0 Å². The van der Waals surface area contributed by atoms with Crippen LogP contribution in [0.4, 0.5) is 9.18 Å². The van der Waals surface area contributed by atoms with Crippen molar-refractivity contribution in [3.63, 3.8) is 0 Å². The molecular formula is C9H11FN6O. The normalized spacial score (nSPS) is 10.7. The third-order valence-electron chi connectivity index (χ3n) is 2.25. The van der Waals surface area contributed by atoms with E-state index in [4.69, 9.17) is 0 Å². The van der Waals surface area contributed by atoms with Crippen molar-refractivity contribution in [1.29, 1.82) is 0 Å². The van der Waals surface area contributed by atoms with Crippen molar-refractivity contribution < 1.29 is 9.18 Å². The summed E-state index contributed by atoms with van der Waals surface area (Å²) in [5.41, 5.74) is 0.195. The number of aryl methyl sites for hydroxylation is 1. The summed E-state index contributed by atoms with van der Waals surface area (Å²) in [6, 6.07) is -0.741. The van der Waals surface area contributed by atoms with E-state index in [9.17, 15) is 9.18 Å². The zero-order valence-electron chi connectivity index (χ0n) is 9.25. The van der Waals surface area contributed by atoms with Gasteiger partial charge in [-0.3, -0.25) is 0 Å². The van der Waals surface area contributed by atoms with Gasteiger partial charge in [0.1, 0.15) is 5.69 Å². The quantitative estimate of drug-likeness (QED) is 0.792. The molecular weight excluding hydrogens is 227 g/mol. The second kappa shape index (κ2) is 4.81. The van der Waals surface area contributed by atoms with Gasteiger partial charge in [0.15, 0.2) is 0 Å². The maximum absolute atomic E-state index is 13.8. The van der Waals surface area contributed by atoms with Gasteiger partial charge in [-0.25, -0.2) is 4.79 Å². The van der Waals surface area contributed by atoms with E-state index in [1.807, 2.05) is 6.92 Å². The van der Waals surface area contributed by atoms with Crippen LogP contribution in [0.15, 0.2) is 12.4 Å². The van der Waals surface area contributed by atoms with Crippen LogP contribution < -0.4 is 0 Å². The molecule has 0 bridgehead atoms. The molecule has 2 rings (SSSR count). The van der Waals surface area contributed by atoms with Gasteiger partial charge in [-0.2, -0.15) is 9.07 Å². The topological polar surface area (TPSA) is 78.5 Å². The van der Waals surface area contributed by atoms with Crippen LogP contribution in [0, 0.1) is 5.95 Å². The van der Waals surface area contributed by atoms with E-state index in [1.165, 1.54) is 12.4 Å². The predicted molar refractivity (Wildman–Crippen MR) is 54.8 cm³/mol. The summed E-state index contributed by atoms with van der Waals surface area (Å²) in [6.45, 7) is 1.99. The van der Waals surface area contributed by atoms with Gasteiger partial charge in [0, 0.05) is 0 Å². The first kappa shape index (κ1) is 11.4. The summed E-state index contributed by atoms with van der Waals surface area (Å²) >= 11 is 0. The molecule has 2 heterocycles. The lowest BCUT2D eigenvalue weighted by molar-refractivity contribution is 0.233. The molecule has 0 radical (unpaired) electrons. The standard InChI is InChI=1S/C9H11FN6O/c1-2-3-4-7-8(10)16(14-12-7)9(17)15-6-5-11-13-15/h5-6H,2-4H2,1H3. The molecule has 0 aliphatic rings. The molecule has 0 aromatic carbocycles. The molecule has 7 nitrogen and oxygen atoms in total. The minimum atomic E-state index is -0.741. The second-order valence-corrected chi connectivity index (χ2v) is 3.47. The van der Waals surface area contributed by atoms with Crippen LogP contribution >= 0.6 is 0 Å². The fraction of sp³-hybridized carbons (Fsp3) is 0.444. The number of carbonyl (C=O) groups excluding carboxylic acids is 1. The molecule has 0 saturated heterocycles. The first-order valence-corrected chi connectivity index (χ1v) is 5.25. The summed E-state index contributed by atoms with van der Waals surface area (Å²) in [5, 5.41) is 14.0. The molecule has 0 saturated carbocycles. The van der Waals surface area contributed by atoms with Crippen molar-refractivity contribution in [3.8, 4) is 0 Å². The smallest absolute Gasteiger partial charge is 0.243 e. The average molecular weight is 238 g/mol. The van der Waals surface area contributed by atoms with Crippen LogP contribution in [0.1, 0.15) is 25.5 Å². The number of nitrogens with zero attached hydrogens (tertiary/aromatic N) is 6. The molecule has 0 unspecified atom stereocenters. The largest absolute Gasteiger partial charge is 0.374 e. The highest BCUT2D eigenvalue weighted by molar-refractivity contribution is 5.77. The van der Waals surface area contributed by atoms with Gasteiger partial charge in [-0.1, -0.05) is 23.8 Å². The molecule has 17 heavy (non-hydrogen) atoms. The van der Waals surface area contributed by atoms with Crippen LogP contribution in [-0.4, -0.2) is 36.0 Å². The van der Waals surface area contributed by atoms with Gasteiger partial charge in [0.2, 0.25) is 5.95 Å². The minimum absolute atomic E-state index is 0.195. The average Bonchev–Trinajstić information content (AvgIpc) is 2.95. The van der Waals surface area contributed by atoms with E-state index in [-0.39, 0.29) is 5.69 Å². The van der Waals surface area contributed by atoms with E-state index < -0.39 is 12.0 Å². The number of carbonyl (C=O) groups is 1. The van der Waals surface area contributed by atoms with Crippen molar-refractivity contribution in [2.45, 2.75) is 26.2 Å². The highest BCUT2D eigenvalue weighted by atomic mass is 19.1. The molecule has 2 aromatic rings. The summed E-state index contributed by atoms with van der Waals surface area (Å²) in [4.78, 5) is 11.7. The van der Waals surface area contributed by atoms with E-state index in [2.05, 4.69) is 20.6 Å². The molecule has 2 aromatic heterocycles. The number of hydrogen-bond acceptors (Lipinski definition) is 5. The molecule has 8 heteroatoms. The van der Waals surface area contributed by atoms with Crippen LogP contribution in [-0.2, 0) is 6.42 Å². The van der Waals surface area contributed by atoms with Gasteiger partial charge in [-0.15, -0.1) is 14.9 Å². The van der Waals surface area contributed by atoms with Gasteiger partial charge in [0.25, 0.3) is 0 Å². The lowest BCUT2D eigenvalue weighted by Crippen LogP contribution is -2.23. The zero-order chi connectivity index (χ0) is 12.3. The fourth-order valence-electron chi connectivity index (χ4n) is 1.33. The van der Waals surface area contributed by atoms with E-state index in [1.54, 1.807) is 0 Å². The van der Waals surface area contributed by atoms with Crippen molar-refractivity contribution in [1.82, 2.24) is 30.0 Å². The number of unbranched alkanes of at least 4 members (excludes halogenated alkanes) is 1. The Morgan fingerprint density at radius 3 is 2.94 bits per heavy atom.